The van der Waals surface area contributed by atoms with Crippen molar-refractivity contribution in [2.75, 3.05) is 0 Å². The van der Waals surface area contributed by atoms with Gasteiger partial charge in [-0.3, -0.25) is 9.78 Å². The zero-order valence-electron chi connectivity index (χ0n) is 11.2. The first kappa shape index (κ1) is 14.0. The van der Waals surface area contributed by atoms with Crippen molar-refractivity contribution in [2.45, 2.75) is 22.7 Å². The van der Waals surface area contributed by atoms with E-state index in [4.69, 9.17) is 5.73 Å². The molecule has 0 saturated carbocycles. The van der Waals surface area contributed by atoms with E-state index in [2.05, 4.69) is 15.0 Å². The van der Waals surface area contributed by atoms with Crippen molar-refractivity contribution >= 4 is 40.0 Å². The van der Waals surface area contributed by atoms with Gasteiger partial charge in [0.05, 0.1) is 29.3 Å². The number of hydrogen-bond acceptors (Lipinski definition) is 6. The zero-order chi connectivity index (χ0) is 14.8. The number of rotatable bonds is 4. The fraction of sp³-hybridized carbons (Fsp3) is 0.143. The first-order valence-electron chi connectivity index (χ1n) is 6.26. The molecule has 106 valence electrons. The Kier molecular flexibility index (Phi) is 3.85. The van der Waals surface area contributed by atoms with Crippen LogP contribution >= 0.6 is 23.1 Å². The second-order valence-electron chi connectivity index (χ2n) is 4.43. The van der Waals surface area contributed by atoms with Gasteiger partial charge < -0.3 is 5.73 Å². The first-order chi connectivity index (χ1) is 10.1. The first-order valence-corrected chi connectivity index (χ1v) is 7.89. The average molecular weight is 316 g/mol. The number of carbonyl (C=O) groups is 1. The molecule has 0 bridgehead atoms. The lowest BCUT2D eigenvalue weighted by atomic mass is 10.3. The molecule has 1 amide bonds. The zero-order valence-corrected chi connectivity index (χ0v) is 12.9. The Morgan fingerprint density at radius 3 is 2.81 bits per heavy atom. The van der Waals surface area contributed by atoms with Crippen molar-refractivity contribution in [2.24, 2.45) is 5.73 Å². The molecule has 0 saturated heterocycles. The molecule has 2 N–H and O–H groups in total. The summed E-state index contributed by atoms with van der Waals surface area (Å²) in [4.78, 5) is 25.3. The van der Waals surface area contributed by atoms with Gasteiger partial charge in [-0.2, -0.15) is 0 Å². The number of hydrogen-bond donors (Lipinski definition) is 1. The smallest absolute Gasteiger partial charge is 0.222 e. The summed E-state index contributed by atoms with van der Waals surface area (Å²) in [5, 5.41) is 0.785. The van der Waals surface area contributed by atoms with Crippen molar-refractivity contribution < 1.29 is 4.79 Å². The largest absolute Gasteiger partial charge is 0.369 e. The van der Waals surface area contributed by atoms with E-state index in [0.29, 0.717) is 0 Å². The summed E-state index contributed by atoms with van der Waals surface area (Å²) in [6.45, 7) is 1.88. The molecule has 0 aliphatic heterocycles. The van der Waals surface area contributed by atoms with Crippen LogP contribution in [0.3, 0.4) is 0 Å². The third-order valence-electron chi connectivity index (χ3n) is 2.83. The van der Waals surface area contributed by atoms with Gasteiger partial charge in [0.15, 0.2) is 4.34 Å². The van der Waals surface area contributed by atoms with E-state index in [1.54, 1.807) is 6.20 Å². The molecule has 3 aromatic rings. The second-order valence-corrected chi connectivity index (χ2v) is 6.78. The summed E-state index contributed by atoms with van der Waals surface area (Å²) in [5.74, 6) is -0.344. The lowest BCUT2D eigenvalue weighted by Gasteiger charge is -1.99. The van der Waals surface area contributed by atoms with Crippen molar-refractivity contribution in [1.29, 1.82) is 0 Å². The minimum absolute atomic E-state index is 0.230. The maximum atomic E-state index is 11.0. The quantitative estimate of drug-likeness (QED) is 0.800. The van der Waals surface area contributed by atoms with Gasteiger partial charge in [0, 0.05) is 4.88 Å². The number of nitrogens with zero attached hydrogens (tertiary/aromatic N) is 3. The van der Waals surface area contributed by atoms with Crippen LogP contribution in [0.4, 0.5) is 0 Å². The maximum Gasteiger partial charge on any atom is 0.222 e. The highest BCUT2D eigenvalue weighted by Gasteiger charge is 2.12. The minimum atomic E-state index is -0.344. The summed E-state index contributed by atoms with van der Waals surface area (Å²) in [6, 6.07) is 7.72. The number of amides is 1. The summed E-state index contributed by atoms with van der Waals surface area (Å²) >= 11 is 2.92. The van der Waals surface area contributed by atoms with Gasteiger partial charge in [0.1, 0.15) is 5.03 Å². The summed E-state index contributed by atoms with van der Waals surface area (Å²) in [7, 11) is 0. The second kappa shape index (κ2) is 5.79. The highest BCUT2D eigenvalue weighted by Crippen LogP contribution is 2.32. The molecule has 0 fully saturated rings. The van der Waals surface area contributed by atoms with Crippen LogP contribution < -0.4 is 5.73 Å². The predicted octanol–water partition coefficient (Wildman–Crippen LogP) is 2.57. The van der Waals surface area contributed by atoms with Crippen LogP contribution in [0.2, 0.25) is 0 Å². The van der Waals surface area contributed by atoms with Crippen LogP contribution in [-0.4, -0.2) is 20.9 Å². The van der Waals surface area contributed by atoms with Crippen molar-refractivity contribution in [1.82, 2.24) is 15.0 Å². The molecule has 0 unspecified atom stereocenters. The number of para-hydroxylation sites is 2. The van der Waals surface area contributed by atoms with E-state index in [1.165, 1.54) is 23.1 Å². The van der Waals surface area contributed by atoms with E-state index < -0.39 is 0 Å². The molecule has 3 rings (SSSR count). The molecule has 0 atom stereocenters. The van der Waals surface area contributed by atoms with Crippen LogP contribution in [0.5, 0.6) is 0 Å². The number of fused-ring (bicyclic) bond motifs is 1. The SMILES string of the molecule is Cc1nc(Sc2cnc3ccccc3n2)sc1CC(N)=O. The molecule has 0 radical (unpaired) electrons. The van der Waals surface area contributed by atoms with Gasteiger partial charge in [-0.05, 0) is 30.8 Å². The van der Waals surface area contributed by atoms with Gasteiger partial charge in [0.25, 0.3) is 0 Å². The van der Waals surface area contributed by atoms with E-state index in [0.717, 1.165) is 31.0 Å². The molecule has 21 heavy (non-hydrogen) atoms. The Morgan fingerprint density at radius 1 is 1.29 bits per heavy atom. The molecule has 0 spiro atoms. The number of carbonyl (C=O) groups excluding carboxylic acids is 1. The summed E-state index contributed by atoms with van der Waals surface area (Å²) in [5.41, 5.74) is 7.79. The number of primary amides is 1. The lowest BCUT2D eigenvalue weighted by molar-refractivity contribution is -0.117. The Bertz CT molecular complexity index is 816. The fourth-order valence-electron chi connectivity index (χ4n) is 1.85. The van der Waals surface area contributed by atoms with Crippen LogP contribution in [0.15, 0.2) is 39.8 Å². The summed E-state index contributed by atoms with van der Waals surface area (Å²) < 4.78 is 0.841. The van der Waals surface area contributed by atoms with E-state index >= 15 is 0 Å². The Morgan fingerprint density at radius 2 is 2.05 bits per heavy atom. The molecule has 2 aromatic heterocycles. The van der Waals surface area contributed by atoms with Crippen LogP contribution in [0.25, 0.3) is 11.0 Å². The fourth-order valence-corrected chi connectivity index (χ4v) is 3.98. The number of thiazole rings is 1. The molecule has 2 heterocycles. The molecule has 7 heteroatoms. The van der Waals surface area contributed by atoms with E-state index in [-0.39, 0.29) is 12.3 Å². The molecule has 1 aromatic carbocycles. The lowest BCUT2D eigenvalue weighted by Crippen LogP contribution is -2.13. The standard InChI is InChI=1S/C14H12N4OS2/c1-8-11(6-12(15)19)20-14(17-8)21-13-7-16-9-4-2-3-5-10(9)18-13/h2-5,7H,6H2,1H3,(H2,15,19). The summed E-state index contributed by atoms with van der Waals surface area (Å²) in [6.07, 6.45) is 1.96. The van der Waals surface area contributed by atoms with Gasteiger partial charge >= 0.3 is 0 Å². The van der Waals surface area contributed by atoms with Crippen molar-refractivity contribution in [3.05, 3.63) is 41.0 Å². The number of aromatic nitrogens is 3. The van der Waals surface area contributed by atoms with Gasteiger partial charge in [0.2, 0.25) is 5.91 Å². The molecular formula is C14H12N4OS2. The van der Waals surface area contributed by atoms with Crippen molar-refractivity contribution in [3.8, 4) is 0 Å². The predicted molar refractivity (Wildman–Crippen MR) is 83.4 cm³/mol. The Balaban J connectivity index is 1.86. The minimum Gasteiger partial charge on any atom is -0.369 e. The molecular weight excluding hydrogens is 304 g/mol. The van der Waals surface area contributed by atoms with E-state index in [1.807, 2.05) is 31.2 Å². The van der Waals surface area contributed by atoms with Gasteiger partial charge in [-0.25, -0.2) is 9.97 Å². The van der Waals surface area contributed by atoms with Crippen LogP contribution in [0.1, 0.15) is 10.6 Å². The Labute approximate surface area is 129 Å². The third-order valence-corrected chi connectivity index (χ3v) is 4.95. The molecule has 0 aliphatic rings. The van der Waals surface area contributed by atoms with Crippen LogP contribution in [-0.2, 0) is 11.2 Å². The van der Waals surface area contributed by atoms with Gasteiger partial charge in [-0.1, -0.05) is 12.1 Å². The van der Waals surface area contributed by atoms with Crippen molar-refractivity contribution in [3.63, 3.8) is 0 Å². The van der Waals surface area contributed by atoms with Crippen LogP contribution in [0, 0.1) is 6.92 Å². The average Bonchev–Trinajstić information content (AvgIpc) is 2.78. The number of benzene rings is 1. The van der Waals surface area contributed by atoms with E-state index in [9.17, 15) is 4.79 Å². The molecule has 0 aliphatic carbocycles. The number of aryl methyl sites for hydroxylation is 1. The van der Waals surface area contributed by atoms with Gasteiger partial charge in [-0.15, -0.1) is 11.3 Å². The maximum absolute atomic E-state index is 11.0. The molecule has 5 nitrogen and oxygen atoms in total. The normalized spacial score (nSPS) is 10.9. The third kappa shape index (κ3) is 3.20. The number of nitrogens with two attached hydrogens (primary N) is 1. The highest BCUT2D eigenvalue weighted by atomic mass is 32.2. The monoisotopic (exact) mass is 316 g/mol. The topological polar surface area (TPSA) is 81.8 Å². The highest BCUT2D eigenvalue weighted by molar-refractivity contribution is 8.01. The Hall–Kier alpha value is -1.99.